The summed E-state index contributed by atoms with van der Waals surface area (Å²) in [5.41, 5.74) is 8.19. The van der Waals surface area contributed by atoms with Gasteiger partial charge in [0, 0.05) is 6.20 Å². The number of anilines is 2. The summed E-state index contributed by atoms with van der Waals surface area (Å²) in [4.78, 5) is 35.6. The van der Waals surface area contributed by atoms with E-state index >= 15 is 0 Å². The first-order valence-electron chi connectivity index (χ1n) is 11.1. The minimum atomic E-state index is -4.52. The number of aryl methyl sites for hydroxylation is 2. The fraction of sp³-hybridized carbons (Fsp3) is 0.280. The van der Waals surface area contributed by atoms with Crippen LogP contribution in [-0.2, 0) is 35.2 Å². The van der Waals surface area contributed by atoms with Crippen LogP contribution in [0.25, 0.3) is 0 Å². The maximum Gasteiger partial charge on any atom is 0.417 e. The Morgan fingerprint density at radius 2 is 1.91 bits per heavy atom. The SMILES string of the molecule is CCc1cc(NC(=O)C(=O)N(Cc2ccc(C(F)(F)F)cn2)[C@@H]2CCc3ccccc32)cnc1N. The Labute approximate surface area is 200 Å². The number of hydrogen-bond acceptors (Lipinski definition) is 5. The van der Waals surface area contributed by atoms with Crippen LogP contribution in [0.3, 0.4) is 0 Å². The number of rotatable bonds is 5. The molecule has 2 heterocycles. The van der Waals surface area contributed by atoms with Crippen molar-refractivity contribution in [2.75, 3.05) is 11.1 Å². The zero-order valence-corrected chi connectivity index (χ0v) is 19.0. The van der Waals surface area contributed by atoms with Gasteiger partial charge in [-0.05, 0) is 54.2 Å². The van der Waals surface area contributed by atoms with E-state index in [1.807, 2.05) is 31.2 Å². The molecular formula is C25H24F3N5O2. The Kier molecular flexibility index (Phi) is 6.72. The molecule has 0 saturated carbocycles. The molecule has 1 aromatic carbocycles. The van der Waals surface area contributed by atoms with Gasteiger partial charge in [0.1, 0.15) is 5.82 Å². The molecule has 2 amide bonds. The van der Waals surface area contributed by atoms with E-state index in [2.05, 4.69) is 15.3 Å². The number of hydrogen-bond donors (Lipinski definition) is 2. The molecule has 1 aliphatic rings. The lowest BCUT2D eigenvalue weighted by atomic mass is 10.1. The van der Waals surface area contributed by atoms with Crippen LogP contribution in [0, 0.1) is 0 Å². The predicted octanol–water partition coefficient (Wildman–Crippen LogP) is 4.29. The smallest absolute Gasteiger partial charge is 0.383 e. The number of nitrogen functional groups attached to an aromatic ring is 1. The summed E-state index contributed by atoms with van der Waals surface area (Å²) in [6.45, 7) is 1.77. The van der Waals surface area contributed by atoms with Crippen LogP contribution < -0.4 is 11.1 Å². The van der Waals surface area contributed by atoms with Crippen molar-refractivity contribution in [2.45, 2.75) is 44.9 Å². The van der Waals surface area contributed by atoms with Crippen LogP contribution in [0.15, 0.2) is 54.9 Å². The Hall–Kier alpha value is -3.95. The van der Waals surface area contributed by atoms with Gasteiger partial charge in [0.05, 0.1) is 35.7 Å². The first-order valence-corrected chi connectivity index (χ1v) is 11.1. The van der Waals surface area contributed by atoms with Crippen LogP contribution in [-0.4, -0.2) is 26.7 Å². The molecule has 2 aromatic heterocycles. The maximum atomic E-state index is 13.4. The number of fused-ring (bicyclic) bond motifs is 1. The van der Waals surface area contributed by atoms with E-state index in [1.54, 1.807) is 6.07 Å². The van der Waals surface area contributed by atoms with E-state index in [4.69, 9.17) is 5.73 Å². The van der Waals surface area contributed by atoms with E-state index < -0.39 is 29.6 Å². The standard InChI is InChI=1S/C25H24F3N5O2/c1-2-15-11-19(13-31-22(15)29)32-23(34)24(35)33(21-10-7-16-5-3-4-6-20(16)21)14-18-9-8-17(12-30-18)25(26,27)28/h3-6,8-9,11-13,21H,2,7,10,14H2,1H3,(H2,29,31)(H,32,34)/t21-/m1/s1. The molecule has 0 spiro atoms. The lowest BCUT2D eigenvalue weighted by molar-refractivity contribution is -0.145. The van der Waals surface area contributed by atoms with Gasteiger partial charge < -0.3 is 16.0 Å². The average Bonchev–Trinajstić information content (AvgIpc) is 3.27. The number of benzene rings is 1. The number of halogens is 3. The molecule has 3 N–H and O–H groups in total. The molecule has 4 rings (SSSR count). The normalized spacial score (nSPS) is 14.9. The third kappa shape index (κ3) is 5.26. The lowest BCUT2D eigenvalue weighted by Crippen LogP contribution is -2.41. The van der Waals surface area contributed by atoms with Gasteiger partial charge in [0.15, 0.2) is 0 Å². The van der Waals surface area contributed by atoms with Gasteiger partial charge in [-0.3, -0.25) is 14.6 Å². The minimum Gasteiger partial charge on any atom is -0.383 e. The molecule has 1 atom stereocenters. The van der Waals surface area contributed by atoms with Gasteiger partial charge in [-0.2, -0.15) is 13.2 Å². The Bertz CT molecular complexity index is 1240. The van der Waals surface area contributed by atoms with Crippen molar-refractivity contribution >= 4 is 23.3 Å². The van der Waals surface area contributed by atoms with Gasteiger partial charge in [0.2, 0.25) is 0 Å². The molecule has 0 unspecified atom stereocenters. The van der Waals surface area contributed by atoms with Crippen molar-refractivity contribution in [3.63, 3.8) is 0 Å². The highest BCUT2D eigenvalue weighted by Crippen LogP contribution is 2.37. The molecule has 0 bridgehead atoms. The molecule has 182 valence electrons. The summed E-state index contributed by atoms with van der Waals surface area (Å²) in [6.07, 6.45) is -0.521. The largest absolute Gasteiger partial charge is 0.417 e. The van der Waals surface area contributed by atoms with E-state index in [0.29, 0.717) is 30.8 Å². The van der Waals surface area contributed by atoms with E-state index in [0.717, 1.165) is 29.0 Å². The second-order valence-corrected chi connectivity index (χ2v) is 8.30. The molecule has 0 fully saturated rings. The van der Waals surface area contributed by atoms with Crippen LogP contribution in [0.2, 0.25) is 0 Å². The molecule has 1 aliphatic carbocycles. The molecule has 0 aliphatic heterocycles. The van der Waals surface area contributed by atoms with E-state index in [-0.39, 0.29) is 12.2 Å². The second kappa shape index (κ2) is 9.73. The zero-order valence-electron chi connectivity index (χ0n) is 19.0. The number of pyridine rings is 2. The number of carbonyl (C=O) groups is 2. The number of carbonyl (C=O) groups excluding carboxylic acids is 2. The second-order valence-electron chi connectivity index (χ2n) is 8.30. The first kappa shape index (κ1) is 24.2. The average molecular weight is 483 g/mol. The molecule has 0 radical (unpaired) electrons. The number of nitrogens with one attached hydrogen (secondary N) is 1. The lowest BCUT2D eigenvalue weighted by Gasteiger charge is -2.29. The van der Waals surface area contributed by atoms with Crippen LogP contribution in [0.1, 0.15) is 47.3 Å². The number of alkyl halides is 3. The molecular weight excluding hydrogens is 459 g/mol. The van der Waals surface area contributed by atoms with Crippen molar-refractivity contribution in [1.29, 1.82) is 0 Å². The monoisotopic (exact) mass is 483 g/mol. The molecule has 7 nitrogen and oxygen atoms in total. The molecule has 10 heteroatoms. The molecule has 3 aromatic rings. The third-order valence-corrected chi connectivity index (χ3v) is 6.06. The Morgan fingerprint density at radius 3 is 2.60 bits per heavy atom. The first-order chi connectivity index (χ1) is 16.7. The maximum absolute atomic E-state index is 13.4. The van der Waals surface area contributed by atoms with Crippen LogP contribution in [0.5, 0.6) is 0 Å². The highest BCUT2D eigenvalue weighted by Gasteiger charge is 2.35. The quantitative estimate of drug-likeness (QED) is 0.527. The van der Waals surface area contributed by atoms with Gasteiger partial charge in [-0.25, -0.2) is 4.98 Å². The number of amides is 2. The summed E-state index contributed by atoms with van der Waals surface area (Å²) in [5, 5.41) is 2.57. The van der Waals surface area contributed by atoms with Crippen molar-refractivity contribution in [3.05, 3.63) is 82.8 Å². The van der Waals surface area contributed by atoms with E-state index in [1.165, 1.54) is 17.2 Å². The Morgan fingerprint density at radius 1 is 1.14 bits per heavy atom. The van der Waals surface area contributed by atoms with Crippen molar-refractivity contribution in [3.8, 4) is 0 Å². The van der Waals surface area contributed by atoms with Crippen LogP contribution >= 0.6 is 0 Å². The topological polar surface area (TPSA) is 101 Å². The fourth-order valence-electron chi connectivity index (χ4n) is 4.23. The molecule has 35 heavy (non-hydrogen) atoms. The van der Waals surface area contributed by atoms with Gasteiger partial charge in [-0.15, -0.1) is 0 Å². The van der Waals surface area contributed by atoms with Crippen LogP contribution in [0.4, 0.5) is 24.7 Å². The van der Waals surface area contributed by atoms with Crippen molar-refractivity contribution < 1.29 is 22.8 Å². The van der Waals surface area contributed by atoms with Crippen molar-refractivity contribution in [2.24, 2.45) is 0 Å². The van der Waals surface area contributed by atoms with Gasteiger partial charge in [0.25, 0.3) is 0 Å². The highest BCUT2D eigenvalue weighted by molar-refractivity contribution is 6.39. The number of nitrogens with two attached hydrogens (primary N) is 1. The summed E-state index contributed by atoms with van der Waals surface area (Å²) in [7, 11) is 0. The zero-order chi connectivity index (χ0) is 25.2. The molecule has 0 saturated heterocycles. The summed E-state index contributed by atoms with van der Waals surface area (Å²) in [6, 6.07) is 11.0. The number of aromatic nitrogens is 2. The van der Waals surface area contributed by atoms with Crippen molar-refractivity contribution in [1.82, 2.24) is 14.9 Å². The van der Waals surface area contributed by atoms with E-state index in [9.17, 15) is 22.8 Å². The number of nitrogens with zero attached hydrogens (tertiary/aromatic N) is 3. The van der Waals surface area contributed by atoms with Gasteiger partial charge >= 0.3 is 18.0 Å². The highest BCUT2D eigenvalue weighted by atomic mass is 19.4. The fourth-order valence-corrected chi connectivity index (χ4v) is 4.23. The third-order valence-electron chi connectivity index (χ3n) is 6.06. The summed E-state index contributed by atoms with van der Waals surface area (Å²) < 4.78 is 38.8. The Balaban J connectivity index is 1.61. The summed E-state index contributed by atoms with van der Waals surface area (Å²) >= 11 is 0. The summed E-state index contributed by atoms with van der Waals surface area (Å²) in [5.74, 6) is -1.35. The van der Waals surface area contributed by atoms with Gasteiger partial charge in [-0.1, -0.05) is 31.2 Å². The predicted molar refractivity (Wildman–Crippen MR) is 124 cm³/mol. The minimum absolute atomic E-state index is 0.121.